The average Bonchev–Trinajstić information content (AvgIpc) is 2.61. The summed E-state index contributed by atoms with van der Waals surface area (Å²) < 4.78 is 15.1. The molecule has 0 aliphatic heterocycles. The number of nitrogens with zero attached hydrogens (tertiary/aromatic N) is 3. The first-order valence-corrected chi connectivity index (χ1v) is 5.08. The molecule has 0 spiro atoms. The van der Waals surface area contributed by atoms with Crippen LogP contribution in [-0.4, -0.2) is 9.78 Å². The first-order chi connectivity index (χ1) is 8.10. The summed E-state index contributed by atoms with van der Waals surface area (Å²) in [5.74, 6) is 0.0811. The molecule has 4 nitrogen and oxygen atoms in total. The summed E-state index contributed by atoms with van der Waals surface area (Å²) in [7, 11) is 0. The number of anilines is 1. The standard InChI is InChI=1S/C12H11FN4/c1-8-6-17(16-12(8)15)7-10-4-9(5-14)2-3-11(10)13/h2-4,6H,7H2,1H3,(H2,15,16). The number of nitriles is 1. The third kappa shape index (κ3) is 2.26. The highest BCUT2D eigenvalue weighted by Gasteiger charge is 2.07. The van der Waals surface area contributed by atoms with Crippen molar-refractivity contribution in [2.45, 2.75) is 13.5 Å². The molecule has 17 heavy (non-hydrogen) atoms. The van der Waals surface area contributed by atoms with E-state index in [-0.39, 0.29) is 12.4 Å². The highest BCUT2D eigenvalue weighted by molar-refractivity contribution is 5.37. The van der Waals surface area contributed by atoms with Gasteiger partial charge in [-0.15, -0.1) is 0 Å². The fourth-order valence-electron chi connectivity index (χ4n) is 1.56. The Morgan fingerprint density at radius 1 is 1.53 bits per heavy atom. The molecule has 1 aromatic heterocycles. The number of hydrogen-bond donors (Lipinski definition) is 1. The zero-order valence-electron chi connectivity index (χ0n) is 9.31. The molecule has 1 aromatic carbocycles. The lowest BCUT2D eigenvalue weighted by Gasteiger charge is -2.03. The van der Waals surface area contributed by atoms with Crippen molar-refractivity contribution in [3.05, 3.63) is 46.9 Å². The van der Waals surface area contributed by atoms with Crippen LogP contribution in [0.15, 0.2) is 24.4 Å². The molecule has 1 heterocycles. The van der Waals surface area contributed by atoms with Gasteiger partial charge in [0.1, 0.15) is 11.6 Å². The normalized spacial score (nSPS) is 10.2. The van der Waals surface area contributed by atoms with Gasteiger partial charge in [0.05, 0.1) is 18.2 Å². The maximum absolute atomic E-state index is 13.5. The minimum atomic E-state index is -0.351. The van der Waals surface area contributed by atoms with Gasteiger partial charge in [0, 0.05) is 17.3 Å². The van der Waals surface area contributed by atoms with Gasteiger partial charge < -0.3 is 5.73 Å². The SMILES string of the molecule is Cc1cn(Cc2cc(C#N)ccc2F)nc1N. The lowest BCUT2D eigenvalue weighted by atomic mass is 10.1. The zero-order chi connectivity index (χ0) is 12.4. The summed E-state index contributed by atoms with van der Waals surface area (Å²) in [6.07, 6.45) is 1.74. The van der Waals surface area contributed by atoms with E-state index in [0.29, 0.717) is 16.9 Å². The fraction of sp³-hybridized carbons (Fsp3) is 0.167. The van der Waals surface area contributed by atoms with E-state index < -0.39 is 0 Å². The van der Waals surface area contributed by atoms with Crippen LogP contribution in [0, 0.1) is 24.1 Å². The van der Waals surface area contributed by atoms with Crippen molar-refractivity contribution in [2.24, 2.45) is 0 Å². The van der Waals surface area contributed by atoms with Gasteiger partial charge >= 0.3 is 0 Å². The highest BCUT2D eigenvalue weighted by atomic mass is 19.1. The Morgan fingerprint density at radius 2 is 2.29 bits per heavy atom. The predicted molar refractivity (Wildman–Crippen MR) is 61.6 cm³/mol. The Kier molecular flexibility index (Phi) is 2.79. The summed E-state index contributed by atoms with van der Waals surface area (Å²) in [5.41, 5.74) is 7.31. The number of rotatable bonds is 2. The van der Waals surface area contributed by atoms with Crippen LogP contribution in [0.1, 0.15) is 16.7 Å². The molecule has 2 rings (SSSR count). The quantitative estimate of drug-likeness (QED) is 0.855. The van der Waals surface area contributed by atoms with Crippen molar-refractivity contribution in [1.29, 1.82) is 5.26 Å². The van der Waals surface area contributed by atoms with Crippen molar-refractivity contribution in [2.75, 3.05) is 5.73 Å². The van der Waals surface area contributed by atoms with Crippen LogP contribution in [0.4, 0.5) is 10.2 Å². The molecule has 0 bridgehead atoms. The second-order valence-electron chi connectivity index (χ2n) is 3.81. The lowest BCUT2D eigenvalue weighted by Crippen LogP contribution is -2.03. The molecule has 0 radical (unpaired) electrons. The predicted octanol–water partition coefficient (Wildman–Crippen LogP) is 1.83. The van der Waals surface area contributed by atoms with Crippen molar-refractivity contribution >= 4 is 5.82 Å². The molecule has 86 valence electrons. The van der Waals surface area contributed by atoms with Crippen molar-refractivity contribution in [1.82, 2.24) is 9.78 Å². The van der Waals surface area contributed by atoms with Crippen LogP contribution in [0.3, 0.4) is 0 Å². The molecule has 0 aliphatic carbocycles. The van der Waals surface area contributed by atoms with Gasteiger partial charge in [-0.25, -0.2) is 4.39 Å². The molecule has 0 unspecified atom stereocenters. The van der Waals surface area contributed by atoms with E-state index in [4.69, 9.17) is 11.0 Å². The fourth-order valence-corrected chi connectivity index (χ4v) is 1.56. The van der Waals surface area contributed by atoms with Crippen molar-refractivity contribution in [3.8, 4) is 6.07 Å². The molecule has 0 fully saturated rings. The van der Waals surface area contributed by atoms with Gasteiger partial charge in [-0.2, -0.15) is 10.4 Å². The number of aromatic nitrogens is 2. The third-order valence-corrected chi connectivity index (χ3v) is 2.49. The minimum Gasteiger partial charge on any atom is -0.382 e. The molecule has 5 heteroatoms. The number of halogens is 1. The van der Waals surface area contributed by atoms with Crippen molar-refractivity contribution < 1.29 is 4.39 Å². The third-order valence-electron chi connectivity index (χ3n) is 2.49. The van der Waals surface area contributed by atoms with Crippen LogP contribution in [0.5, 0.6) is 0 Å². The highest BCUT2D eigenvalue weighted by Crippen LogP contribution is 2.13. The van der Waals surface area contributed by atoms with Gasteiger partial charge in [-0.05, 0) is 25.1 Å². The maximum Gasteiger partial charge on any atom is 0.148 e. The smallest absolute Gasteiger partial charge is 0.148 e. The van der Waals surface area contributed by atoms with E-state index in [1.807, 2.05) is 13.0 Å². The van der Waals surface area contributed by atoms with E-state index in [1.165, 1.54) is 18.2 Å². The summed E-state index contributed by atoms with van der Waals surface area (Å²) in [4.78, 5) is 0. The Bertz CT molecular complexity index is 576. The summed E-state index contributed by atoms with van der Waals surface area (Å²) >= 11 is 0. The average molecular weight is 230 g/mol. The van der Waals surface area contributed by atoms with Crippen LogP contribution in [0.2, 0.25) is 0 Å². The Labute approximate surface area is 98.1 Å². The molecule has 0 atom stereocenters. The molecule has 0 amide bonds. The largest absolute Gasteiger partial charge is 0.382 e. The maximum atomic E-state index is 13.5. The number of nitrogen functional groups attached to an aromatic ring is 1. The lowest BCUT2D eigenvalue weighted by molar-refractivity contribution is 0.585. The van der Waals surface area contributed by atoms with E-state index in [1.54, 1.807) is 10.9 Å². The molecule has 0 saturated carbocycles. The van der Waals surface area contributed by atoms with Crippen LogP contribution < -0.4 is 5.73 Å². The monoisotopic (exact) mass is 230 g/mol. The number of nitrogens with two attached hydrogens (primary N) is 1. The van der Waals surface area contributed by atoms with Gasteiger partial charge in [-0.1, -0.05) is 0 Å². The minimum absolute atomic E-state index is 0.263. The first-order valence-electron chi connectivity index (χ1n) is 5.08. The topological polar surface area (TPSA) is 67.6 Å². The van der Waals surface area contributed by atoms with Crippen LogP contribution in [-0.2, 0) is 6.54 Å². The van der Waals surface area contributed by atoms with Gasteiger partial charge in [0.25, 0.3) is 0 Å². The van der Waals surface area contributed by atoms with E-state index in [2.05, 4.69) is 5.10 Å². The molecule has 2 aromatic rings. The molecule has 0 saturated heterocycles. The summed E-state index contributed by atoms with van der Waals surface area (Å²) in [6.45, 7) is 2.10. The van der Waals surface area contributed by atoms with Crippen LogP contribution >= 0.6 is 0 Å². The zero-order valence-corrected chi connectivity index (χ0v) is 9.31. The second-order valence-corrected chi connectivity index (χ2v) is 3.81. The van der Waals surface area contributed by atoms with Gasteiger partial charge in [-0.3, -0.25) is 4.68 Å². The molecular weight excluding hydrogens is 219 g/mol. The summed E-state index contributed by atoms with van der Waals surface area (Å²) in [6, 6.07) is 6.22. The molecule has 0 aliphatic rings. The summed E-state index contributed by atoms with van der Waals surface area (Å²) in [5, 5.41) is 12.8. The van der Waals surface area contributed by atoms with E-state index >= 15 is 0 Å². The number of aryl methyl sites for hydroxylation is 1. The molecule has 2 N–H and O–H groups in total. The number of benzene rings is 1. The molecular formula is C12H11FN4. The second kappa shape index (κ2) is 4.26. The first kappa shape index (κ1) is 11.1. The van der Waals surface area contributed by atoms with Gasteiger partial charge in [0.2, 0.25) is 0 Å². The van der Waals surface area contributed by atoms with Gasteiger partial charge in [0.15, 0.2) is 0 Å². The van der Waals surface area contributed by atoms with E-state index in [0.717, 1.165) is 5.56 Å². The Balaban J connectivity index is 2.32. The number of hydrogen-bond acceptors (Lipinski definition) is 3. The van der Waals surface area contributed by atoms with Crippen molar-refractivity contribution in [3.63, 3.8) is 0 Å². The van der Waals surface area contributed by atoms with E-state index in [9.17, 15) is 4.39 Å². The van der Waals surface area contributed by atoms with Crippen LogP contribution in [0.25, 0.3) is 0 Å². The Hall–Kier alpha value is -2.35. The Morgan fingerprint density at radius 3 is 2.88 bits per heavy atom.